The number of pyridine rings is 1. The summed E-state index contributed by atoms with van der Waals surface area (Å²) in [5.74, 6) is -0.165. The van der Waals surface area contributed by atoms with Crippen molar-refractivity contribution in [2.24, 2.45) is 0 Å². The average molecular weight is 222 g/mol. The van der Waals surface area contributed by atoms with Crippen LogP contribution in [0.15, 0.2) is 12.3 Å². The van der Waals surface area contributed by atoms with E-state index in [1.807, 2.05) is 6.92 Å². The molecule has 1 heterocycles. The lowest BCUT2D eigenvalue weighted by molar-refractivity contribution is 0.0278. The zero-order valence-electron chi connectivity index (χ0n) is 9.95. The lowest BCUT2D eigenvalue weighted by Gasteiger charge is -2.23. The molecule has 0 amide bonds. The minimum Gasteiger partial charge on any atom is -0.383 e. The minimum atomic E-state index is -1.33. The van der Waals surface area contributed by atoms with Gasteiger partial charge in [-0.3, -0.25) is 4.79 Å². The van der Waals surface area contributed by atoms with Crippen molar-refractivity contribution in [3.63, 3.8) is 0 Å². The van der Waals surface area contributed by atoms with Gasteiger partial charge in [-0.25, -0.2) is 4.98 Å². The zero-order chi connectivity index (χ0) is 12.3. The molecule has 0 aliphatic heterocycles. The average Bonchev–Trinajstić information content (AvgIpc) is 2.30. The van der Waals surface area contributed by atoms with Crippen LogP contribution >= 0.6 is 0 Å². The molecule has 4 nitrogen and oxygen atoms in total. The number of aliphatic hydroxyl groups is 1. The van der Waals surface area contributed by atoms with Crippen LogP contribution in [0, 0.1) is 6.92 Å². The van der Waals surface area contributed by atoms with Gasteiger partial charge in [-0.2, -0.15) is 0 Å². The molecule has 0 aliphatic rings. The Hall–Kier alpha value is -1.42. The first-order valence-corrected chi connectivity index (χ1v) is 5.44. The summed E-state index contributed by atoms with van der Waals surface area (Å²) >= 11 is 0. The molecule has 0 radical (unpaired) electrons. The summed E-state index contributed by atoms with van der Waals surface area (Å²) in [5.41, 5.74) is 5.49. The van der Waals surface area contributed by atoms with Crippen molar-refractivity contribution in [1.82, 2.24) is 4.98 Å². The maximum Gasteiger partial charge on any atom is 0.198 e. The van der Waals surface area contributed by atoms with E-state index in [0.29, 0.717) is 18.4 Å². The highest BCUT2D eigenvalue weighted by Gasteiger charge is 2.34. The third-order valence-electron chi connectivity index (χ3n) is 2.89. The van der Waals surface area contributed by atoms with E-state index in [2.05, 4.69) is 4.98 Å². The maximum absolute atomic E-state index is 12.1. The van der Waals surface area contributed by atoms with Gasteiger partial charge in [-0.15, -0.1) is 0 Å². The van der Waals surface area contributed by atoms with Gasteiger partial charge in [0.25, 0.3) is 0 Å². The molecule has 0 aromatic carbocycles. The van der Waals surface area contributed by atoms with Crippen LogP contribution in [0.25, 0.3) is 0 Å². The first-order valence-electron chi connectivity index (χ1n) is 5.44. The molecule has 88 valence electrons. The Morgan fingerprint density at radius 1 is 1.50 bits per heavy atom. The number of carbonyl (C=O) groups excluding carboxylic acids is 1. The lowest BCUT2D eigenvalue weighted by Crippen LogP contribution is -2.37. The SMILES string of the molecule is CCC(O)(CC)C(=O)c1cc(C)cnc1N. The van der Waals surface area contributed by atoms with E-state index >= 15 is 0 Å². The third kappa shape index (κ3) is 2.22. The van der Waals surface area contributed by atoms with Crippen LogP contribution in [-0.2, 0) is 0 Å². The fraction of sp³-hybridized carbons (Fsp3) is 0.500. The normalized spacial score (nSPS) is 11.5. The standard InChI is InChI=1S/C12H18N2O2/c1-4-12(16,5-2)10(15)9-6-8(3)7-14-11(9)13/h6-7,16H,4-5H2,1-3H3,(H2,13,14). The Balaban J connectivity index is 3.18. The molecule has 0 atom stereocenters. The molecule has 0 bridgehead atoms. The van der Waals surface area contributed by atoms with Gasteiger partial charge in [0.2, 0.25) is 0 Å². The summed E-state index contributed by atoms with van der Waals surface area (Å²) in [4.78, 5) is 16.1. The summed E-state index contributed by atoms with van der Waals surface area (Å²) in [7, 11) is 0. The molecule has 4 heteroatoms. The number of rotatable bonds is 4. The van der Waals surface area contributed by atoms with Gasteiger partial charge >= 0.3 is 0 Å². The Morgan fingerprint density at radius 3 is 2.56 bits per heavy atom. The Bertz CT molecular complexity index is 398. The number of aromatic nitrogens is 1. The topological polar surface area (TPSA) is 76.2 Å². The van der Waals surface area contributed by atoms with E-state index in [9.17, 15) is 9.90 Å². The van der Waals surface area contributed by atoms with Crippen LogP contribution in [0.2, 0.25) is 0 Å². The van der Waals surface area contributed by atoms with Crippen LogP contribution in [-0.4, -0.2) is 21.5 Å². The monoisotopic (exact) mass is 222 g/mol. The molecule has 0 saturated heterocycles. The van der Waals surface area contributed by atoms with Crippen LogP contribution in [0.1, 0.15) is 42.6 Å². The highest BCUT2D eigenvalue weighted by Crippen LogP contribution is 2.23. The van der Waals surface area contributed by atoms with E-state index in [1.165, 1.54) is 0 Å². The van der Waals surface area contributed by atoms with Crippen LogP contribution in [0.5, 0.6) is 0 Å². The Morgan fingerprint density at radius 2 is 2.06 bits per heavy atom. The van der Waals surface area contributed by atoms with E-state index in [0.717, 1.165) is 5.56 Å². The van der Waals surface area contributed by atoms with Gasteiger partial charge < -0.3 is 10.8 Å². The zero-order valence-corrected chi connectivity index (χ0v) is 9.95. The van der Waals surface area contributed by atoms with Crippen molar-refractivity contribution in [2.45, 2.75) is 39.2 Å². The summed E-state index contributed by atoms with van der Waals surface area (Å²) < 4.78 is 0. The molecule has 1 aromatic rings. The van der Waals surface area contributed by atoms with Crippen LogP contribution in [0.3, 0.4) is 0 Å². The molecule has 0 saturated carbocycles. The predicted octanol–water partition coefficient (Wildman–Crippen LogP) is 1.71. The summed E-state index contributed by atoms with van der Waals surface area (Å²) in [6.07, 6.45) is 2.34. The molecular weight excluding hydrogens is 204 g/mol. The largest absolute Gasteiger partial charge is 0.383 e. The molecule has 1 rings (SSSR count). The maximum atomic E-state index is 12.1. The van der Waals surface area contributed by atoms with Crippen LogP contribution < -0.4 is 5.73 Å². The van der Waals surface area contributed by atoms with Crippen molar-refractivity contribution in [2.75, 3.05) is 5.73 Å². The van der Waals surface area contributed by atoms with E-state index in [1.54, 1.807) is 26.1 Å². The highest BCUT2D eigenvalue weighted by molar-refractivity contribution is 6.05. The van der Waals surface area contributed by atoms with Crippen molar-refractivity contribution in [3.8, 4) is 0 Å². The number of Topliss-reactive ketones (excluding diaryl/α,β-unsaturated/α-hetero) is 1. The molecule has 0 fully saturated rings. The Labute approximate surface area is 95.5 Å². The third-order valence-corrected chi connectivity index (χ3v) is 2.89. The molecule has 1 aromatic heterocycles. The van der Waals surface area contributed by atoms with E-state index < -0.39 is 5.60 Å². The molecular formula is C12H18N2O2. The fourth-order valence-electron chi connectivity index (χ4n) is 1.58. The number of hydrogen-bond donors (Lipinski definition) is 2. The number of nitrogen functional groups attached to an aromatic ring is 1. The summed E-state index contributed by atoms with van der Waals surface area (Å²) in [5, 5.41) is 10.1. The van der Waals surface area contributed by atoms with E-state index in [-0.39, 0.29) is 11.6 Å². The van der Waals surface area contributed by atoms with E-state index in [4.69, 9.17) is 5.73 Å². The summed E-state index contributed by atoms with van der Waals surface area (Å²) in [6, 6.07) is 1.67. The fourth-order valence-corrected chi connectivity index (χ4v) is 1.58. The predicted molar refractivity (Wildman–Crippen MR) is 63.2 cm³/mol. The minimum absolute atomic E-state index is 0.177. The smallest absolute Gasteiger partial charge is 0.198 e. The second-order valence-corrected chi connectivity index (χ2v) is 4.01. The van der Waals surface area contributed by atoms with Crippen molar-refractivity contribution in [1.29, 1.82) is 0 Å². The van der Waals surface area contributed by atoms with Crippen molar-refractivity contribution in [3.05, 3.63) is 23.4 Å². The number of carbonyl (C=O) groups is 1. The number of ketones is 1. The van der Waals surface area contributed by atoms with Gasteiger partial charge in [0, 0.05) is 6.20 Å². The molecule has 0 spiro atoms. The first-order chi connectivity index (χ1) is 7.44. The van der Waals surface area contributed by atoms with Crippen LogP contribution in [0.4, 0.5) is 5.82 Å². The number of aryl methyl sites for hydroxylation is 1. The van der Waals surface area contributed by atoms with Gasteiger partial charge in [0.15, 0.2) is 5.78 Å². The number of anilines is 1. The quantitative estimate of drug-likeness (QED) is 0.760. The highest BCUT2D eigenvalue weighted by atomic mass is 16.3. The summed E-state index contributed by atoms with van der Waals surface area (Å²) in [6.45, 7) is 5.39. The second-order valence-electron chi connectivity index (χ2n) is 4.01. The molecule has 16 heavy (non-hydrogen) atoms. The van der Waals surface area contributed by atoms with Crippen molar-refractivity contribution < 1.29 is 9.90 Å². The van der Waals surface area contributed by atoms with Gasteiger partial charge in [-0.1, -0.05) is 13.8 Å². The van der Waals surface area contributed by atoms with Gasteiger partial charge in [0.1, 0.15) is 11.4 Å². The van der Waals surface area contributed by atoms with Crippen molar-refractivity contribution >= 4 is 11.6 Å². The van der Waals surface area contributed by atoms with Gasteiger partial charge in [-0.05, 0) is 31.4 Å². The molecule has 0 aliphatic carbocycles. The lowest BCUT2D eigenvalue weighted by atomic mass is 9.88. The Kier molecular flexibility index (Phi) is 3.65. The molecule has 0 unspecified atom stereocenters. The molecule has 3 N–H and O–H groups in total. The second kappa shape index (κ2) is 4.61. The number of nitrogens with zero attached hydrogens (tertiary/aromatic N) is 1. The van der Waals surface area contributed by atoms with Gasteiger partial charge in [0.05, 0.1) is 5.56 Å². The number of nitrogens with two attached hydrogens (primary N) is 1. The first kappa shape index (κ1) is 12.6. The number of hydrogen-bond acceptors (Lipinski definition) is 4.